The van der Waals surface area contributed by atoms with Crippen LogP contribution in [0.25, 0.3) is 0 Å². The number of hydrogen-bond donors (Lipinski definition) is 0. The maximum atomic E-state index is 6.95. The molecule has 0 amide bonds. The molecule has 8 heavy (non-hydrogen) atoms. The SMILES string of the molecule is [C]#C[Si](C)(C)C(C)C. The summed E-state index contributed by atoms with van der Waals surface area (Å²) >= 11 is 0. The maximum absolute atomic E-state index is 6.95. The fourth-order valence-electron chi connectivity index (χ4n) is 0.144. The lowest BCUT2D eigenvalue weighted by molar-refractivity contribution is 1.03. The summed E-state index contributed by atoms with van der Waals surface area (Å²) in [5.74, 6) is 0. The van der Waals surface area contributed by atoms with E-state index in [9.17, 15) is 0 Å². The van der Waals surface area contributed by atoms with Gasteiger partial charge in [-0.2, -0.15) is 0 Å². The summed E-state index contributed by atoms with van der Waals surface area (Å²) in [6.45, 7) is 8.64. The third-order valence-corrected chi connectivity index (χ3v) is 5.30. The van der Waals surface area contributed by atoms with Crippen LogP contribution in [0.2, 0.25) is 18.6 Å². The molecule has 0 N–H and O–H groups in total. The van der Waals surface area contributed by atoms with Gasteiger partial charge in [-0.05, 0) is 12.0 Å². The molecule has 0 aromatic heterocycles. The highest BCUT2D eigenvalue weighted by Crippen LogP contribution is 2.17. The van der Waals surface area contributed by atoms with Crippen molar-refractivity contribution >= 4 is 8.07 Å². The van der Waals surface area contributed by atoms with E-state index in [1.165, 1.54) is 0 Å². The van der Waals surface area contributed by atoms with Crippen molar-refractivity contribution in [3.63, 3.8) is 0 Å². The Morgan fingerprint density at radius 1 is 1.38 bits per heavy atom. The van der Waals surface area contributed by atoms with E-state index in [4.69, 9.17) is 6.42 Å². The zero-order valence-corrected chi connectivity index (χ0v) is 7.08. The molecule has 0 nitrogen and oxygen atoms in total. The molecule has 1 heteroatoms. The van der Waals surface area contributed by atoms with E-state index in [0.29, 0.717) is 5.54 Å². The summed E-state index contributed by atoms with van der Waals surface area (Å²) in [4.78, 5) is 0. The van der Waals surface area contributed by atoms with Gasteiger partial charge in [0.1, 0.15) is 8.07 Å². The van der Waals surface area contributed by atoms with Crippen molar-refractivity contribution in [3.8, 4) is 5.54 Å². The van der Waals surface area contributed by atoms with Gasteiger partial charge in [0.15, 0.2) is 0 Å². The summed E-state index contributed by atoms with van der Waals surface area (Å²) in [5, 5.41) is 0. The normalized spacial score (nSPS) is 11.5. The first kappa shape index (κ1) is 7.78. The molecule has 0 saturated carbocycles. The second-order valence-electron chi connectivity index (χ2n) is 3.00. The van der Waals surface area contributed by atoms with Crippen LogP contribution in [0, 0.1) is 12.0 Å². The molecule has 0 aliphatic rings. The lowest BCUT2D eigenvalue weighted by Crippen LogP contribution is -2.26. The first-order valence-electron chi connectivity index (χ1n) is 2.94. The highest BCUT2D eigenvalue weighted by atomic mass is 28.3. The standard InChI is InChI=1S/C7H13Si/c1-6-8(4,5)7(2)3/h7H,2-5H3. The monoisotopic (exact) mass is 125 g/mol. The van der Waals surface area contributed by atoms with Crippen LogP contribution >= 0.6 is 0 Å². The lowest BCUT2D eigenvalue weighted by atomic mass is 10.6. The predicted octanol–water partition coefficient (Wildman–Crippen LogP) is 2.23. The third kappa shape index (κ3) is 1.71. The van der Waals surface area contributed by atoms with Gasteiger partial charge in [0.05, 0.1) is 0 Å². The minimum absolute atomic E-state index is 0.653. The zero-order valence-electron chi connectivity index (χ0n) is 6.08. The molecule has 0 heterocycles. The Morgan fingerprint density at radius 2 is 1.75 bits per heavy atom. The van der Waals surface area contributed by atoms with Gasteiger partial charge in [0, 0.05) is 0 Å². The fraction of sp³-hybridized carbons (Fsp3) is 0.714. The summed E-state index contributed by atoms with van der Waals surface area (Å²) in [5.41, 5.74) is 3.28. The minimum Gasteiger partial charge on any atom is -0.118 e. The first-order chi connectivity index (χ1) is 3.50. The van der Waals surface area contributed by atoms with Crippen molar-refractivity contribution in [1.82, 2.24) is 0 Å². The maximum Gasteiger partial charge on any atom is 0.136 e. The van der Waals surface area contributed by atoms with Crippen LogP contribution in [0.15, 0.2) is 0 Å². The Morgan fingerprint density at radius 3 is 1.75 bits per heavy atom. The van der Waals surface area contributed by atoms with Gasteiger partial charge in [0.25, 0.3) is 0 Å². The first-order valence-corrected chi connectivity index (χ1v) is 6.02. The van der Waals surface area contributed by atoms with Crippen molar-refractivity contribution in [2.45, 2.75) is 32.5 Å². The summed E-state index contributed by atoms with van der Waals surface area (Å²) in [7, 11) is -1.34. The second-order valence-corrected chi connectivity index (χ2v) is 7.85. The van der Waals surface area contributed by atoms with Crippen LogP contribution in [0.3, 0.4) is 0 Å². The topological polar surface area (TPSA) is 0 Å². The molecule has 0 spiro atoms. The van der Waals surface area contributed by atoms with Gasteiger partial charge < -0.3 is 0 Å². The van der Waals surface area contributed by atoms with Crippen molar-refractivity contribution < 1.29 is 0 Å². The Labute approximate surface area is 53.3 Å². The molecule has 0 atom stereocenters. The fourth-order valence-corrected chi connectivity index (χ4v) is 0.433. The van der Waals surface area contributed by atoms with E-state index in [1.807, 2.05) is 0 Å². The van der Waals surface area contributed by atoms with Crippen molar-refractivity contribution in [2.75, 3.05) is 0 Å². The van der Waals surface area contributed by atoms with E-state index in [-0.39, 0.29) is 0 Å². The van der Waals surface area contributed by atoms with Crippen LogP contribution in [0.1, 0.15) is 13.8 Å². The average molecular weight is 125 g/mol. The van der Waals surface area contributed by atoms with Gasteiger partial charge in [-0.15, -0.1) is 5.54 Å². The Kier molecular flexibility index (Phi) is 2.30. The second kappa shape index (κ2) is 2.37. The van der Waals surface area contributed by atoms with E-state index >= 15 is 0 Å². The highest BCUT2D eigenvalue weighted by molar-refractivity contribution is 6.85. The van der Waals surface area contributed by atoms with E-state index in [1.54, 1.807) is 0 Å². The molecule has 0 unspecified atom stereocenters. The summed E-state index contributed by atoms with van der Waals surface area (Å²) < 4.78 is 0. The van der Waals surface area contributed by atoms with Crippen LogP contribution in [-0.4, -0.2) is 8.07 Å². The minimum atomic E-state index is -1.34. The van der Waals surface area contributed by atoms with Gasteiger partial charge >= 0.3 is 0 Å². The largest absolute Gasteiger partial charge is 0.136 e. The molecule has 0 aliphatic carbocycles. The smallest absolute Gasteiger partial charge is 0.118 e. The van der Waals surface area contributed by atoms with Gasteiger partial charge in [-0.1, -0.05) is 26.9 Å². The van der Waals surface area contributed by atoms with Crippen molar-refractivity contribution in [3.05, 3.63) is 6.42 Å². The molecular weight excluding hydrogens is 112 g/mol. The van der Waals surface area contributed by atoms with Gasteiger partial charge in [-0.25, -0.2) is 0 Å². The van der Waals surface area contributed by atoms with Crippen LogP contribution < -0.4 is 0 Å². The molecule has 45 valence electrons. The highest BCUT2D eigenvalue weighted by Gasteiger charge is 2.21. The molecule has 0 fully saturated rings. The van der Waals surface area contributed by atoms with Crippen molar-refractivity contribution in [2.24, 2.45) is 0 Å². The molecule has 0 saturated heterocycles. The lowest BCUT2D eigenvalue weighted by Gasteiger charge is -2.17. The van der Waals surface area contributed by atoms with E-state index < -0.39 is 8.07 Å². The van der Waals surface area contributed by atoms with Crippen molar-refractivity contribution in [1.29, 1.82) is 0 Å². The summed E-state index contributed by atoms with van der Waals surface area (Å²) in [6, 6.07) is 0. The molecule has 0 rings (SSSR count). The number of hydrogen-bond acceptors (Lipinski definition) is 0. The third-order valence-electron chi connectivity index (χ3n) is 1.77. The van der Waals surface area contributed by atoms with Crippen LogP contribution in [0.5, 0.6) is 0 Å². The van der Waals surface area contributed by atoms with Gasteiger partial charge in [-0.3, -0.25) is 0 Å². The van der Waals surface area contributed by atoms with E-state index in [0.717, 1.165) is 0 Å². The molecule has 0 aliphatic heterocycles. The molecular formula is C7H13Si. The summed E-state index contributed by atoms with van der Waals surface area (Å²) in [6.07, 6.45) is 6.95. The van der Waals surface area contributed by atoms with Gasteiger partial charge in [0.2, 0.25) is 0 Å². The van der Waals surface area contributed by atoms with E-state index in [2.05, 4.69) is 32.5 Å². The predicted molar refractivity (Wildman–Crippen MR) is 39.7 cm³/mol. The number of rotatable bonds is 1. The van der Waals surface area contributed by atoms with Crippen LogP contribution in [0.4, 0.5) is 0 Å². The molecule has 0 aromatic carbocycles. The Balaban J connectivity index is 3.97. The zero-order chi connectivity index (χ0) is 6.78. The van der Waals surface area contributed by atoms with Crippen LogP contribution in [-0.2, 0) is 0 Å². The quantitative estimate of drug-likeness (QED) is 0.372. The Hall–Kier alpha value is -0.223. The molecule has 0 bridgehead atoms. The molecule has 0 aromatic rings. The Bertz CT molecular complexity index is 106. The molecule has 1 radical (unpaired) electrons. The average Bonchev–Trinajstić information content (AvgIpc) is 1.67.